The molecule has 2 aromatic rings. The Morgan fingerprint density at radius 3 is 2.63 bits per heavy atom. The second-order valence-corrected chi connectivity index (χ2v) is 6.99. The summed E-state index contributed by atoms with van der Waals surface area (Å²) in [6.07, 6.45) is -1.98. The molecule has 6 nitrogen and oxygen atoms in total. The van der Waals surface area contributed by atoms with E-state index in [1.54, 1.807) is 6.07 Å². The Morgan fingerprint density at radius 2 is 1.97 bits per heavy atom. The molecule has 0 saturated heterocycles. The average Bonchev–Trinajstić information content (AvgIpc) is 2.73. The molecule has 1 aromatic carbocycles. The first-order valence-electron chi connectivity index (χ1n) is 9.20. The fourth-order valence-corrected chi connectivity index (χ4v) is 3.78. The van der Waals surface area contributed by atoms with E-state index >= 15 is 0 Å². The minimum atomic E-state index is -4.56. The third-order valence-corrected chi connectivity index (χ3v) is 5.12. The summed E-state index contributed by atoms with van der Waals surface area (Å²) in [5, 5.41) is 11.6. The lowest BCUT2D eigenvalue weighted by molar-refractivity contribution is -0.137. The first-order valence-corrected chi connectivity index (χ1v) is 9.20. The first kappa shape index (κ1) is 19.6. The average molecular weight is 412 g/mol. The van der Waals surface area contributed by atoms with Crippen molar-refractivity contribution >= 4 is 17.5 Å². The van der Waals surface area contributed by atoms with Gasteiger partial charge in [-0.25, -0.2) is 9.78 Å². The van der Waals surface area contributed by atoms with Gasteiger partial charge in [0.15, 0.2) is 5.78 Å². The monoisotopic (exact) mass is 412 g/mol. The minimum absolute atomic E-state index is 0.0425. The predicted octanol–water partition coefficient (Wildman–Crippen LogP) is 4.25. The van der Waals surface area contributed by atoms with Crippen molar-refractivity contribution in [2.24, 2.45) is 0 Å². The van der Waals surface area contributed by atoms with Crippen molar-refractivity contribution in [1.82, 2.24) is 10.3 Å². The number of urea groups is 1. The predicted molar refractivity (Wildman–Crippen MR) is 100 cm³/mol. The molecule has 0 radical (unpaired) electrons. The molecule has 1 atom stereocenters. The second-order valence-electron chi connectivity index (χ2n) is 6.99. The Balaban J connectivity index is 1.83. The maximum atomic E-state index is 13.2. The summed E-state index contributed by atoms with van der Waals surface area (Å²) in [4.78, 5) is 30.8. The van der Waals surface area contributed by atoms with Crippen molar-refractivity contribution in [3.8, 4) is 6.07 Å². The van der Waals surface area contributed by atoms with E-state index in [0.717, 1.165) is 17.0 Å². The van der Waals surface area contributed by atoms with E-state index in [4.69, 9.17) is 5.26 Å². The first-order chi connectivity index (χ1) is 14.3. The van der Waals surface area contributed by atoms with Crippen LogP contribution < -0.4 is 10.2 Å². The molecule has 1 aliphatic heterocycles. The Kier molecular flexibility index (Phi) is 4.78. The standard InChI is InChI=1S/C21H15F3N4O2/c22-21(23,24)13-3-1-4-15(9-13)28-16-5-2-6-17(29)18(16)19(27-20(28)30)12-7-8-14(10-25)26-11-12/h1,3-4,7-9,11,19H,2,5-6H2,(H,27,30). The van der Waals surface area contributed by atoms with Crippen molar-refractivity contribution in [3.63, 3.8) is 0 Å². The van der Waals surface area contributed by atoms with Crippen molar-refractivity contribution in [2.75, 3.05) is 4.90 Å². The number of halogens is 3. The second kappa shape index (κ2) is 7.30. The molecular formula is C21H15F3N4O2. The zero-order valence-electron chi connectivity index (χ0n) is 15.5. The summed E-state index contributed by atoms with van der Waals surface area (Å²) in [7, 11) is 0. The third-order valence-electron chi connectivity index (χ3n) is 5.12. The maximum absolute atomic E-state index is 13.2. The van der Waals surface area contributed by atoms with Crippen LogP contribution in [0.5, 0.6) is 0 Å². The minimum Gasteiger partial charge on any atom is -0.326 e. The van der Waals surface area contributed by atoms with E-state index in [-0.39, 0.29) is 23.6 Å². The molecule has 2 aliphatic rings. The van der Waals surface area contributed by atoms with Crippen molar-refractivity contribution in [2.45, 2.75) is 31.5 Å². The Morgan fingerprint density at radius 1 is 1.17 bits per heavy atom. The molecule has 1 unspecified atom stereocenters. The van der Waals surface area contributed by atoms with Crippen LogP contribution >= 0.6 is 0 Å². The van der Waals surface area contributed by atoms with Gasteiger partial charge in [-0.05, 0) is 42.7 Å². The Bertz CT molecular complexity index is 1100. The van der Waals surface area contributed by atoms with E-state index in [1.807, 2.05) is 6.07 Å². The van der Waals surface area contributed by atoms with Gasteiger partial charge in [-0.15, -0.1) is 0 Å². The molecule has 2 amide bonds. The molecule has 4 rings (SSSR count). The summed E-state index contributed by atoms with van der Waals surface area (Å²) in [5.41, 5.74) is 0.606. The van der Waals surface area contributed by atoms with Gasteiger partial charge in [-0.2, -0.15) is 18.4 Å². The highest BCUT2D eigenvalue weighted by atomic mass is 19.4. The number of pyridine rings is 1. The number of nitriles is 1. The lowest BCUT2D eigenvalue weighted by Crippen LogP contribution is -2.49. The lowest BCUT2D eigenvalue weighted by Gasteiger charge is -2.39. The molecule has 0 spiro atoms. The number of carbonyl (C=O) groups excluding carboxylic acids is 2. The number of rotatable bonds is 2. The van der Waals surface area contributed by atoms with E-state index in [1.165, 1.54) is 24.4 Å². The highest BCUT2D eigenvalue weighted by Gasteiger charge is 2.40. The van der Waals surface area contributed by atoms with Crippen LogP contribution in [0.3, 0.4) is 0 Å². The van der Waals surface area contributed by atoms with Crippen LogP contribution in [0, 0.1) is 11.3 Å². The molecule has 1 N–H and O–H groups in total. The van der Waals surface area contributed by atoms with Gasteiger partial charge < -0.3 is 5.32 Å². The van der Waals surface area contributed by atoms with E-state index in [0.29, 0.717) is 29.7 Å². The number of nitrogens with zero attached hydrogens (tertiary/aromatic N) is 3. The van der Waals surface area contributed by atoms with Crippen molar-refractivity contribution in [3.05, 3.63) is 70.7 Å². The van der Waals surface area contributed by atoms with Crippen LogP contribution in [0.2, 0.25) is 0 Å². The molecule has 1 aromatic heterocycles. The lowest BCUT2D eigenvalue weighted by atomic mass is 9.85. The highest BCUT2D eigenvalue weighted by Crippen LogP contribution is 2.40. The van der Waals surface area contributed by atoms with Crippen molar-refractivity contribution < 1.29 is 22.8 Å². The number of carbonyl (C=O) groups is 2. The number of hydrogen-bond acceptors (Lipinski definition) is 4. The van der Waals surface area contributed by atoms with Gasteiger partial charge in [-0.3, -0.25) is 9.69 Å². The molecular weight excluding hydrogens is 397 g/mol. The van der Waals surface area contributed by atoms with E-state index < -0.39 is 23.8 Å². The van der Waals surface area contributed by atoms with Gasteiger partial charge in [0.2, 0.25) is 0 Å². The summed E-state index contributed by atoms with van der Waals surface area (Å²) < 4.78 is 39.5. The van der Waals surface area contributed by atoms with Crippen LogP contribution in [0.4, 0.5) is 23.7 Å². The maximum Gasteiger partial charge on any atom is 0.416 e. The van der Waals surface area contributed by atoms with Gasteiger partial charge in [0, 0.05) is 23.9 Å². The Labute approximate surface area is 169 Å². The number of nitrogens with one attached hydrogen (secondary N) is 1. The molecule has 0 bridgehead atoms. The highest BCUT2D eigenvalue weighted by molar-refractivity contribution is 6.06. The molecule has 1 aliphatic carbocycles. The number of anilines is 1. The van der Waals surface area contributed by atoms with Gasteiger partial charge >= 0.3 is 12.2 Å². The number of Topliss-reactive ketones (excluding diaryl/α,β-unsaturated/α-hetero) is 1. The van der Waals surface area contributed by atoms with Gasteiger partial charge in [0.05, 0.1) is 17.3 Å². The van der Waals surface area contributed by atoms with E-state index in [2.05, 4.69) is 10.3 Å². The normalized spacial score (nSPS) is 19.3. The molecule has 0 fully saturated rings. The summed E-state index contributed by atoms with van der Waals surface area (Å²) in [5.74, 6) is -0.178. The summed E-state index contributed by atoms with van der Waals surface area (Å²) in [6.45, 7) is 0. The quantitative estimate of drug-likeness (QED) is 0.799. The number of allylic oxidation sites excluding steroid dienone is 1. The third kappa shape index (κ3) is 3.41. The van der Waals surface area contributed by atoms with Crippen LogP contribution in [-0.4, -0.2) is 16.8 Å². The van der Waals surface area contributed by atoms with Crippen LogP contribution in [0.1, 0.15) is 42.1 Å². The molecule has 2 heterocycles. The molecule has 30 heavy (non-hydrogen) atoms. The SMILES string of the molecule is N#Cc1ccc(C2NC(=O)N(c3cccc(C(F)(F)F)c3)C3=C2C(=O)CCC3)cn1. The number of amides is 2. The summed E-state index contributed by atoms with van der Waals surface area (Å²) in [6, 6.07) is 8.04. The van der Waals surface area contributed by atoms with Gasteiger partial charge in [0.1, 0.15) is 11.8 Å². The fraction of sp³-hybridized carbons (Fsp3) is 0.238. The number of aromatic nitrogens is 1. The van der Waals surface area contributed by atoms with E-state index in [9.17, 15) is 22.8 Å². The zero-order chi connectivity index (χ0) is 21.5. The smallest absolute Gasteiger partial charge is 0.326 e. The van der Waals surface area contributed by atoms with Crippen LogP contribution in [0.15, 0.2) is 53.9 Å². The van der Waals surface area contributed by atoms with Crippen molar-refractivity contribution in [1.29, 1.82) is 5.26 Å². The number of benzene rings is 1. The molecule has 152 valence electrons. The Hall–Kier alpha value is -3.67. The van der Waals surface area contributed by atoms with Gasteiger partial charge in [-0.1, -0.05) is 12.1 Å². The summed E-state index contributed by atoms with van der Waals surface area (Å²) >= 11 is 0. The topological polar surface area (TPSA) is 86.1 Å². The molecule has 0 saturated carbocycles. The number of alkyl halides is 3. The fourth-order valence-electron chi connectivity index (χ4n) is 3.78. The largest absolute Gasteiger partial charge is 0.416 e. The number of hydrogen-bond donors (Lipinski definition) is 1. The van der Waals surface area contributed by atoms with Crippen LogP contribution in [-0.2, 0) is 11.0 Å². The zero-order valence-corrected chi connectivity index (χ0v) is 15.5. The number of ketones is 1. The van der Waals surface area contributed by atoms with Gasteiger partial charge in [0.25, 0.3) is 0 Å². The molecule has 9 heteroatoms. The van der Waals surface area contributed by atoms with Crippen LogP contribution in [0.25, 0.3) is 0 Å².